The average Bonchev–Trinajstić information content (AvgIpc) is 3.40. The van der Waals surface area contributed by atoms with E-state index in [9.17, 15) is 9.59 Å². The molecule has 1 aromatic heterocycles. The lowest BCUT2D eigenvalue weighted by molar-refractivity contribution is -0.119. The predicted molar refractivity (Wildman–Crippen MR) is 110 cm³/mol. The van der Waals surface area contributed by atoms with Gasteiger partial charge in [0.2, 0.25) is 11.8 Å². The van der Waals surface area contributed by atoms with Crippen molar-refractivity contribution in [2.24, 2.45) is 0 Å². The Labute approximate surface area is 184 Å². The first-order valence-corrected chi connectivity index (χ1v) is 10.6. The minimum absolute atomic E-state index is 0.0297. The lowest BCUT2D eigenvalue weighted by Gasteiger charge is -2.43. The maximum Gasteiger partial charge on any atom is 0.326 e. The van der Waals surface area contributed by atoms with Crippen molar-refractivity contribution in [1.29, 1.82) is 0 Å². The van der Waals surface area contributed by atoms with Crippen molar-refractivity contribution in [3.8, 4) is 0 Å². The van der Waals surface area contributed by atoms with Crippen LogP contribution < -0.4 is 5.32 Å². The second-order valence-corrected chi connectivity index (χ2v) is 8.46. The molecule has 3 atom stereocenters. The van der Waals surface area contributed by atoms with Crippen molar-refractivity contribution in [2.75, 3.05) is 13.2 Å². The number of hydrogen-bond acceptors (Lipinski definition) is 6. The first kappa shape index (κ1) is 20.0. The van der Waals surface area contributed by atoms with Gasteiger partial charge >= 0.3 is 6.03 Å². The number of nitrogens with zero attached hydrogens (tertiary/aromatic N) is 4. The van der Waals surface area contributed by atoms with Crippen LogP contribution in [0.2, 0.25) is 5.02 Å². The third-order valence-electron chi connectivity index (χ3n) is 5.90. The summed E-state index contributed by atoms with van der Waals surface area (Å²) in [6.07, 6.45) is 2.47. The van der Waals surface area contributed by atoms with E-state index in [1.165, 1.54) is 6.08 Å². The van der Waals surface area contributed by atoms with Crippen molar-refractivity contribution in [3.63, 3.8) is 0 Å². The number of benzene rings is 1. The molecule has 0 saturated carbocycles. The number of amides is 3. The van der Waals surface area contributed by atoms with Gasteiger partial charge in [-0.15, -0.1) is 0 Å². The Kier molecular flexibility index (Phi) is 5.15. The van der Waals surface area contributed by atoms with Gasteiger partial charge in [0.05, 0.1) is 12.7 Å². The summed E-state index contributed by atoms with van der Waals surface area (Å²) in [5, 5.41) is 7.64. The Bertz CT molecular complexity index is 1040. The van der Waals surface area contributed by atoms with E-state index in [0.29, 0.717) is 42.0 Å². The molecule has 0 spiro atoms. The smallest absolute Gasteiger partial charge is 0.326 e. The lowest BCUT2D eigenvalue weighted by atomic mass is 10.0. The summed E-state index contributed by atoms with van der Waals surface area (Å²) in [6, 6.07) is 7.45. The molecule has 1 unspecified atom stereocenters. The van der Waals surface area contributed by atoms with E-state index in [1.54, 1.807) is 16.7 Å². The van der Waals surface area contributed by atoms with Crippen LogP contribution in [0.5, 0.6) is 0 Å². The van der Waals surface area contributed by atoms with Crippen LogP contribution in [0.3, 0.4) is 0 Å². The Balaban J connectivity index is 1.23. The van der Waals surface area contributed by atoms with Gasteiger partial charge < -0.3 is 19.5 Å². The van der Waals surface area contributed by atoms with Crippen LogP contribution in [0.25, 0.3) is 0 Å². The number of aromatic nitrogens is 2. The second-order valence-electron chi connectivity index (χ2n) is 8.03. The highest BCUT2D eigenvalue weighted by atomic mass is 35.5. The van der Waals surface area contributed by atoms with E-state index in [1.807, 2.05) is 24.3 Å². The topological polar surface area (TPSA) is 101 Å². The molecular formula is C21H22ClN5O4. The minimum Gasteiger partial charge on any atom is -0.373 e. The molecule has 0 radical (unpaired) electrons. The van der Waals surface area contributed by atoms with Crippen molar-refractivity contribution < 1.29 is 18.8 Å². The summed E-state index contributed by atoms with van der Waals surface area (Å²) in [7, 11) is 0. The Morgan fingerprint density at radius 2 is 2.06 bits per heavy atom. The standard InChI is InChI=1S/C21H22ClN5O4/c1-12-8-18(28)23-17-6-7-26(21(29)27(12)17)10-19-24-20(25-31-19)14-9-16(30-11-14)13-2-4-15(22)5-3-13/h2-5,8,14,16-17H,6-7,9-11H2,1H3,(H,23,28)/t14-,16+,17?/m0/s1. The normalized spacial score (nSPS) is 26.0. The zero-order valence-electron chi connectivity index (χ0n) is 17.0. The van der Waals surface area contributed by atoms with Gasteiger partial charge in [0.15, 0.2) is 5.82 Å². The van der Waals surface area contributed by atoms with Gasteiger partial charge in [-0.2, -0.15) is 4.98 Å². The van der Waals surface area contributed by atoms with Crippen LogP contribution in [-0.2, 0) is 16.1 Å². The minimum atomic E-state index is -0.306. The summed E-state index contributed by atoms with van der Waals surface area (Å²) in [5.74, 6) is 0.842. The van der Waals surface area contributed by atoms with Crippen molar-refractivity contribution in [1.82, 2.24) is 25.3 Å². The van der Waals surface area contributed by atoms with E-state index in [0.717, 1.165) is 12.0 Å². The largest absolute Gasteiger partial charge is 0.373 e. The van der Waals surface area contributed by atoms with Gasteiger partial charge in [-0.25, -0.2) is 4.79 Å². The van der Waals surface area contributed by atoms with E-state index in [2.05, 4.69) is 15.5 Å². The molecule has 3 aliphatic rings. The summed E-state index contributed by atoms with van der Waals surface area (Å²) in [6.45, 7) is 2.99. The van der Waals surface area contributed by atoms with Crippen molar-refractivity contribution >= 4 is 23.5 Å². The monoisotopic (exact) mass is 443 g/mol. The van der Waals surface area contributed by atoms with Gasteiger partial charge in [-0.05, 0) is 31.0 Å². The Morgan fingerprint density at radius 3 is 2.87 bits per heavy atom. The highest BCUT2D eigenvalue weighted by molar-refractivity contribution is 6.30. The quantitative estimate of drug-likeness (QED) is 0.779. The molecule has 2 aromatic rings. The molecule has 3 amide bonds. The molecule has 10 heteroatoms. The zero-order valence-corrected chi connectivity index (χ0v) is 17.7. The molecule has 31 heavy (non-hydrogen) atoms. The molecule has 1 aromatic carbocycles. The molecule has 3 aliphatic heterocycles. The summed E-state index contributed by atoms with van der Waals surface area (Å²) in [5.41, 5.74) is 1.70. The van der Waals surface area contributed by atoms with E-state index >= 15 is 0 Å². The van der Waals surface area contributed by atoms with Crippen LogP contribution in [-0.4, -0.2) is 51.2 Å². The summed E-state index contributed by atoms with van der Waals surface area (Å²) < 4.78 is 11.4. The first-order valence-electron chi connectivity index (χ1n) is 10.2. The van der Waals surface area contributed by atoms with Crippen molar-refractivity contribution in [2.45, 2.75) is 44.5 Å². The molecule has 4 heterocycles. The summed E-state index contributed by atoms with van der Waals surface area (Å²) in [4.78, 5) is 32.4. The molecule has 5 rings (SSSR count). The maximum absolute atomic E-state index is 12.9. The highest BCUT2D eigenvalue weighted by Crippen LogP contribution is 2.37. The molecule has 2 saturated heterocycles. The number of allylic oxidation sites excluding steroid dienone is 1. The van der Waals surface area contributed by atoms with Gasteiger partial charge in [0, 0.05) is 35.7 Å². The van der Waals surface area contributed by atoms with E-state index < -0.39 is 0 Å². The first-order chi connectivity index (χ1) is 15.0. The number of hydrogen-bond donors (Lipinski definition) is 1. The Morgan fingerprint density at radius 1 is 1.26 bits per heavy atom. The lowest BCUT2D eigenvalue weighted by Crippen LogP contribution is -2.61. The van der Waals surface area contributed by atoms with E-state index in [-0.39, 0.29) is 36.7 Å². The predicted octanol–water partition coefficient (Wildman–Crippen LogP) is 2.96. The van der Waals surface area contributed by atoms with Crippen molar-refractivity contribution in [3.05, 3.63) is 58.3 Å². The Hall–Kier alpha value is -2.91. The number of nitrogens with one attached hydrogen (secondary N) is 1. The average molecular weight is 444 g/mol. The fourth-order valence-corrected chi connectivity index (χ4v) is 4.44. The van der Waals surface area contributed by atoms with Gasteiger partial charge in [0.1, 0.15) is 12.7 Å². The number of ether oxygens (including phenoxy) is 1. The van der Waals surface area contributed by atoms with Crippen LogP contribution in [0.15, 0.2) is 40.6 Å². The van der Waals surface area contributed by atoms with Crippen LogP contribution in [0, 0.1) is 0 Å². The number of halogens is 1. The fraction of sp³-hybridized carbons (Fsp3) is 0.429. The molecule has 2 fully saturated rings. The zero-order chi connectivity index (χ0) is 21.5. The maximum atomic E-state index is 12.9. The molecule has 9 nitrogen and oxygen atoms in total. The molecular weight excluding hydrogens is 422 g/mol. The summed E-state index contributed by atoms with van der Waals surface area (Å²) >= 11 is 5.96. The van der Waals surface area contributed by atoms with Gasteiger partial charge in [0.25, 0.3) is 0 Å². The highest BCUT2D eigenvalue weighted by Gasteiger charge is 2.38. The molecule has 162 valence electrons. The second kappa shape index (κ2) is 7.97. The third-order valence-corrected chi connectivity index (χ3v) is 6.16. The van der Waals surface area contributed by atoms with Gasteiger partial charge in [-0.1, -0.05) is 28.9 Å². The molecule has 1 N–H and O–H groups in total. The number of fused-ring (bicyclic) bond motifs is 1. The molecule has 0 aliphatic carbocycles. The van der Waals surface area contributed by atoms with Crippen LogP contribution >= 0.6 is 11.6 Å². The number of urea groups is 1. The van der Waals surface area contributed by atoms with Crippen LogP contribution in [0.1, 0.15) is 49.1 Å². The van der Waals surface area contributed by atoms with Crippen LogP contribution in [0.4, 0.5) is 4.79 Å². The fourth-order valence-electron chi connectivity index (χ4n) is 4.31. The van der Waals surface area contributed by atoms with Gasteiger partial charge in [-0.3, -0.25) is 9.69 Å². The number of rotatable bonds is 4. The van der Waals surface area contributed by atoms with E-state index in [4.69, 9.17) is 20.9 Å². The number of carbonyl (C=O) groups excluding carboxylic acids is 2. The SMILES string of the molecule is CC1=CC(=O)NC2CCN(Cc3nc([C@@H]4CO[C@@H](c5ccc(Cl)cc5)C4)no3)C(=O)N12. The molecule has 0 bridgehead atoms. The number of carbonyl (C=O) groups is 2. The third kappa shape index (κ3) is 3.90.